The van der Waals surface area contributed by atoms with Gasteiger partial charge in [0.2, 0.25) is 0 Å². The fourth-order valence-corrected chi connectivity index (χ4v) is 1.44. The van der Waals surface area contributed by atoms with Crippen LogP contribution in [0.5, 0.6) is 0 Å². The number of hydrazine groups is 1. The van der Waals surface area contributed by atoms with E-state index in [0.717, 1.165) is 5.92 Å². The zero-order chi connectivity index (χ0) is 7.56. The molecule has 1 aliphatic rings. The maximum Gasteiger partial charge on any atom is 0.0845 e. The second-order valence-corrected chi connectivity index (χ2v) is 2.88. The second kappa shape index (κ2) is 3.05. The highest BCUT2D eigenvalue weighted by molar-refractivity contribution is 5.08. The summed E-state index contributed by atoms with van der Waals surface area (Å²) in [4.78, 5) is 0. The van der Waals surface area contributed by atoms with Crippen molar-refractivity contribution in [3.63, 3.8) is 0 Å². The molecule has 1 fully saturated rings. The Kier molecular flexibility index (Phi) is 2.31. The molecule has 1 saturated carbocycles. The lowest BCUT2D eigenvalue weighted by molar-refractivity contribution is 0.533. The quantitative estimate of drug-likeness (QED) is 0.338. The van der Waals surface area contributed by atoms with Gasteiger partial charge in [0.05, 0.1) is 6.04 Å². The molecule has 3 N–H and O–H groups in total. The molecule has 2 heteroatoms. The van der Waals surface area contributed by atoms with Crippen molar-refractivity contribution in [1.29, 1.82) is 0 Å². The predicted octanol–water partition coefficient (Wildman–Crippen LogP) is 0.498. The van der Waals surface area contributed by atoms with E-state index in [2.05, 4.69) is 18.3 Å². The van der Waals surface area contributed by atoms with Gasteiger partial charge < -0.3 is 0 Å². The maximum absolute atomic E-state index is 5.25. The van der Waals surface area contributed by atoms with Crippen LogP contribution in [-0.2, 0) is 0 Å². The lowest BCUT2D eigenvalue weighted by Crippen LogP contribution is -2.35. The minimum absolute atomic E-state index is 0.102. The Morgan fingerprint density at radius 2 is 2.60 bits per heavy atom. The number of nitrogens with one attached hydrogen (secondary N) is 1. The van der Waals surface area contributed by atoms with Crippen molar-refractivity contribution in [2.75, 3.05) is 0 Å². The molecule has 0 bridgehead atoms. The van der Waals surface area contributed by atoms with Crippen molar-refractivity contribution < 1.29 is 0 Å². The lowest BCUT2D eigenvalue weighted by Gasteiger charge is -2.06. The van der Waals surface area contributed by atoms with Gasteiger partial charge in [0, 0.05) is 0 Å². The van der Waals surface area contributed by atoms with E-state index in [0.29, 0.717) is 5.92 Å². The Balaban J connectivity index is 2.31. The van der Waals surface area contributed by atoms with Crippen LogP contribution in [-0.4, -0.2) is 6.04 Å². The maximum atomic E-state index is 5.25. The van der Waals surface area contributed by atoms with Crippen LogP contribution < -0.4 is 11.3 Å². The summed E-state index contributed by atoms with van der Waals surface area (Å²) >= 11 is 0. The summed E-state index contributed by atoms with van der Waals surface area (Å²) in [5, 5.41) is 0. The van der Waals surface area contributed by atoms with Crippen molar-refractivity contribution in [3.8, 4) is 12.3 Å². The Bertz CT molecular complexity index is 148. The normalized spacial score (nSPS) is 32.9. The molecule has 0 aromatic heterocycles. The van der Waals surface area contributed by atoms with Crippen molar-refractivity contribution in [2.24, 2.45) is 17.7 Å². The van der Waals surface area contributed by atoms with Gasteiger partial charge in [-0.25, -0.2) is 5.43 Å². The third-order valence-corrected chi connectivity index (χ3v) is 2.29. The molecule has 0 radical (unpaired) electrons. The molecule has 0 amide bonds. The Morgan fingerprint density at radius 3 is 2.90 bits per heavy atom. The van der Waals surface area contributed by atoms with Crippen LogP contribution in [0.15, 0.2) is 0 Å². The van der Waals surface area contributed by atoms with Crippen LogP contribution >= 0.6 is 0 Å². The van der Waals surface area contributed by atoms with Crippen LogP contribution in [0.2, 0.25) is 0 Å². The molecule has 0 saturated heterocycles. The summed E-state index contributed by atoms with van der Waals surface area (Å²) in [5.74, 6) is 9.35. The number of hydrogen-bond acceptors (Lipinski definition) is 2. The zero-order valence-electron chi connectivity index (χ0n) is 6.30. The third-order valence-electron chi connectivity index (χ3n) is 2.29. The molecule has 2 nitrogen and oxygen atoms in total. The third kappa shape index (κ3) is 1.31. The molecular formula is C8H14N2. The highest BCUT2D eigenvalue weighted by Crippen LogP contribution is 2.43. The standard InChI is InChI=1S/C8H14N2/c1-3-6-5-7(6)8(4-2)10-9/h2,6-8,10H,3,5,9H2,1H3/t6-,7-,8?/m1/s1. The van der Waals surface area contributed by atoms with Crippen molar-refractivity contribution in [3.05, 3.63) is 0 Å². The van der Waals surface area contributed by atoms with Gasteiger partial charge in [-0.1, -0.05) is 19.3 Å². The van der Waals surface area contributed by atoms with Gasteiger partial charge in [-0.05, 0) is 18.3 Å². The van der Waals surface area contributed by atoms with E-state index in [4.69, 9.17) is 12.3 Å². The first kappa shape index (κ1) is 7.59. The van der Waals surface area contributed by atoms with Gasteiger partial charge in [-0.15, -0.1) is 6.42 Å². The molecular weight excluding hydrogens is 124 g/mol. The van der Waals surface area contributed by atoms with Gasteiger partial charge in [0.15, 0.2) is 0 Å². The first-order chi connectivity index (χ1) is 4.83. The molecule has 1 unspecified atom stereocenters. The summed E-state index contributed by atoms with van der Waals surface area (Å²) < 4.78 is 0. The fraction of sp³-hybridized carbons (Fsp3) is 0.750. The number of terminal acetylenes is 1. The number of nitrogens with two attached hydrogens (primary N) is 1. The van der Waals surface area contributed by atoms with Crippen LogP contribution in [0.4, 0.5) is 0 Å². The lowest BCUT2D eigenvalue weighted by atomic mass is 10.1. The van der Waals surface area contributed by atoms with Crippen molar-refractivity contribution in [2.45, 2.75) is 25.8 Å². The molecule has 3 atom stereocenters. The average molecular weight is 138 g/mol. The molecule has 56 valence electrons. The number of rotatable bonds is 3. The van der Waals surface area contributed by atoms with E-state index in [-0.39, 0.29) is 6.04 Å². The van der Waals surface area contributed by atoms with Crippen LogP contribution in [0.25, 0.3) is 0 Å². The Morgan fingerprint density at radius 1 is 1.90 bits per heavy atom. The summed E-state index contributed by atoms with van der Waals surface area (Å²) in [5.41, 5.74) is 2.64. The number of hydrogen-bond donors (Lipinski definition) is 2. The smallest absolute Gasteiger partial charge is 0.0845 e. The molecule has 0 heterocycles. The topological polar surface area (TPSA) is 38.0 Å². The molecule has 0 spiro atoms. The highest BCUT2D eigenvalue weighted by atomic mass is 15.2. The van der Waals surface area contributed by atoms with Gasteiger partial charge in [0.25, 0.3) is 0 Å². The van der Waals surface area contributed by atoms with E-state index in [1.807, 2.05) is 0 Å². The first-order valence-corrected chi connectivity index (χ1v) is 3.75. The van der Waals surface area contributed by atoms with Gasteiger partial charge in [0.1, 0.15) is 0 Å². The van der Waals surface area contributed by atoms with E-state index >= 15 is 0 Å². The summed E-state index contributed by atoms with van der Waals surface area (Å²) in [6.45, 7) is 2.19. The molecule has 10 heavy (non-hydrogen) atoms. The van der Waals surface area contributed by atoms with Crippen molar-refractivity contribution >= 4 is 0 Å². The van der Waals surface area contributed by atoms with Crippen LogP contribution in [0, 0.1) is 24.2 Å². The van der Waals surface area contributed by atoms with Crippen LogP contribution in [0.1, 0.15) is 19.8 Å². The summed E-state index contributed by atoms with van der Waals surface area (Å²) in [6.07, 6.45) is 7.72. The van der Waals surface area contributed by atoms with E-state index < -0.39 is 0 Å². The SMILES string of the molecule is C#CC(NN)[C@@H]1C[C@H]1CC. The molecule has 0 aromatic carbocycles. The second-order valence-electron chi connectivity index (χ2n) is 2.88. The zero-order valence-corrected chi connectivity index (χ0v) is 6.30. The highest BCUT2D eigenvalue weighted by Gasteiger charge is 2.40. The van der Waals surface area contributed by atoms with E-state index in [1.54, 1.807) is 0 Å². The molecule has 1 aliphatic carbocycles. The minimum atomic E-state index is 0.102. The van der Waals surface area contributed by atoms with Gasteiger partial charge >= 0.3 is 0 Å². The van der Waals surface area contributed by atoms with Gasteiger partial charge in [-0.3, -0.25) is 5.84 Å². The monoisotopic (exact) mass is 138 g/mol. The average Bonchev–Trinajstić information content (AvgIpc) is 2.70. The Labute approximate surface area is 62.1 Å². The molecule has 0 aliphatic heterocycles. The first-order valence-electron chi connectivity index (χ1n) is 3.75. The molecule has 0 aromatic rings. The summed E-state index contributed by atoms with van der Waals surface area (Å²) in [7, 11) is 0. The summed E-state index contributed by atoms with van der Waals surface area (Å²) in [6, 6.07) is 0.102. The van der Waals surface area contributed by atoms with E-state index in [9.17, 15) is 0 Å². The largest absolute Gasteiger partial charge is 0.270 e. The van der Waals surface area contributed by atoms with E-state index in [1.165, 1.54) is 12.8 Å². The Hall–Kier alpha value is -0.520. The van der Waals surface area contributed by atoms with Crippen LogP contribution in [0.3, 0.4) is 0 Å². The van der Waals surface area contributed by atoms with Crippen molar-refractivity contribution in [1.82, 2.24) is 5.43 Å². The predicted molar refractivity (Wildman–Crippen MR) is 41.8 cm³/mol. The fourth-order valence-electron chi connectivity index (χ4n) is 1.44. The minimum Gasteiger partial charge on any atom is -0.270 e. The van der Waals surface area contributed by atoms with Gasteiger partial charge in [-0.2, -0.15) is 0 Å². The molecule has 1 rings (SSSR count).